The molecule has 21 heavy (non-hydrogen) atoms. The first-order valence-electron chi connectivity index (χ1n) is 7.80. The van der Waals surface area contributed by atoms with Gasteiger partial charge in [-0.1, -0.05) is 20.3 Å². The summed E-state index contributed by atoms with van der Waals surface area (Å²) >= 11 is 3.69. The van der Waals surface area contributed by atoms with Gasteiger partial charge in [0.1, 0.15) is 6.17 Å². The molecule has 118 valence electrons. The molecule has 0 spiro atoms. The highest BCUT2D eigenvalue weighted by Crippen LogP contribution is 2.33. The maximum atomic E-state index is 12.7. The van der Waals surface area contributed by atoms with Crippen LogP contribution in [0.25, 0.3) is 0 Å². The fourth-order valence-corrected chi connectivity index (χ4v) is 4.48. The summed E-state index contributed by atoms with van der Waals surface area (Å²) in [7, 11) is 0. The Bertz CT molecular complexity index is 475. The molecule has 1 aliphatic rings. The number of thiophene rings is 1. The highest BCUT2D eigenvalue weighted by molar-refractivity contribution is 7.99. The number of aryl methyl sites for hydroxylation is 1. The Kier molecular flexibility index (Phi) is 6.14. The van der Waals surface area contributed by atoms with Gasteiger partial charge in [0.2, 0.25) is 5.91 Å². The quantitative estimate of drug-likeness (QED) is 0.827. The minimum atomic E-state index is -0.0171. The van der Waals surface area contributed by atoms with Crippen LogP contribution in [-0.4, -0.2) is 34.4 Å². The van der Waals surface area contributed by atoms with E-state index in [0.717, 1.165) is 24.3 Å². The summed E-state index contributed by atoms with van der Waals surface area (Å²) in [4.78, 5) is 17.4. The van der Waals surface area contributed by atoms with E-state index in [1.165, 1.54) is 9.75 Å². The van der Waals surface area contributed by atoms with Crippen molar-refractivity contribution in [2.45, 2.75) is 58.8 Å². The maximum Gasteiger partial charge on any atom is 0.241 e. The van der Waals surface area contributed by atoms with Gasteiger partial charge in [-0.2, -0.15) is 11.8 Å². The second-order valence-electron chi connectivity index (χ2n) is 5.61. The van der Waals surface area contributed by atoms with Gasteiger partial charge in [0.05, 0.1) is 6.04 Å². The number of hydrogen-bond acceptors (Lipinski definition) is 4. The van der Waals surface area contributed by atoms with Crippen LogP contribution in [0.15, 0.2) is 12.1 Å². The van der Waals surface area contributed by atoms with Gasteiger partial charge in [0.15, 0.2) is 0 Å². The minimum absolute atomic E-state index is 0.0171. The van der Waals surface area contributed by atoms with Crippen LogP contribution in [0.5, 0.6) is 0 Å². The first-order valence-corrected chi connectivity index (χ1v) is 9.77. The van der Waals surface area contributed by atoms with Gasteiger partial charge < -0.3 is 4.90 Å². The summed E-state index contributed by atoms with van der Waals surface area (Å²) in [5, 5.41) is 3.56. The molecule has 1 fully saturated rings. The van der Waals surface area contributed by atoms with Crippen LogP contribution in [0.4, 0.5) is 0 Å². The SMILES string of the molecule is CCCC1NC(c2ccc(C)s2)N(C(C)CSCC)C1=O. The highest BCUT2D eigenvalue weighted by atomic mass is 32.2. The van der Waals surface area contributed by atoms with Gasteiger partial charge in [-0.05, 0) is 38.2 Å². The number of amides is 1. The molecule has 2 rings (SSSR count). The van der Waals surface area contributed by atoms with E-state index in [1.54, 1.807) is 11.3 Å². The van der Waals surface area contributed by atoms with Crippen LogP contribution < -0.4 is 5.32 Å². The van der Waals surface area contributed by atoms with Crippen molar-refractivity contribution in [3.63, 3.8) is 0 Å². The van der Waals surface area contributed by atoms with Gasteiger partial charge in [0.25, 0.3) is 0 Å². The van der Waals surface area contributed by atoms with E-state index in [4.69, 9.17) is 0 Å². The van der Waals surface area contributed by atoms with Crippen LogP contribution in [0.1, 0.15) is 49.5 Å². The third kappa shape index (κ3) is 3.82. The molecule has 1 amide bonds. The van der Waals surface area contributed by atoms with Crippen LogP contribution in [0.3, 0.4) is 0 Å². The van der Waals surface area contributed by atoms with Crippen LogP contribution in [0.2, 0.25) is 0 Å². The van der Waals surface area contributed by atoms with E-state index in [9.17, 15) is 4.79 Å². The van der Waals surface area contributed by atoms with Crippen LogP contribution in [-0.2, 0) is 4.79 Å². The Morgan fingerprint density at radius 3 is 2.76 bits per heavy atom. The molecule has 0 radical (unpaired) electrons. The Morgan fingerprint density at radius 1 is 1.43 bits per heavy atom. The summed E-state index contributed by atoms with van der Waals surface area (Å²) in [6.07, 6.45) is 2.01. The lowest BCUT2D eigenvalue weighted by Crippen LogP contribution is -2.39. The fraction of sp³-hybridized carbons (Fsp3) is 0.688. The molecule has 5 heteroatoms. The van der Waals surface area contributed by atoms with E-state index in [-0.39, 0.29) is 24.2 Å². The normalized spacial score (nSPS) is 23.8. The van der Waals surface area contributed by atoms with E-state index in [1.807, 2.05) is 11.8 Å². The van der Waals surface area contributed by atoms with E-state index >= 15 is 0 Å². The van der Waals surface area contributed by atoms with Crippen molar-refractivity contribution in [2.75, 3.05) is 11.5 Å². The predicted octanol–water partition coefficient (Wildman–Crippen LogP) is 3.80. The zero-order valence-electron chi connectivity index (χ0n) is 13.4. The Hall–Kier alpha value is -0.520. The molecule has 0 bridgehead atoms. The largest absolute Gasteiger partial charge is 0.317 e. The van der Waals surface area contributed by atoms with Gasteiger partial charge in [-0.3, -0.25) is 10.1 Å². The number of carbonyl (C=O) groups is 1. The first kappa shape index (κ1) is 16.8. The molecule has 1 aromatic rings. The summed E-state index contributed by atoms with van der Waals surface area (Å²) in [5.74, 6) is 2.38. The summed E-state index contributed by atoms with van der Waals surface area (Å²) < 4.78 is 0. The van der Waals surface area contributed by atoms with Crippen molar-refractivity contribution in [3.8, 4) is 0 Å². The smallest absolute Gasteiger partial charge is 0.241 e. The third-order valence-electron chi connectivity index (χ3n) is 3.84. The van der Waals surface area contributed by atoms with Crippen molar-refractivity contribution in [3.05, 3.63) is 21.9 Å². The Morgan fingerprint density at radius 2 is 2.19 bits per heavy atom. The number of nitrogens with one attached hydrogen (secondary N) is 1. The molecule has 3 atom stereocenters. The summed E-state index contributed by atoms with van der Waals surface area (Å²) in [6.45, 7) is 8.60. The molecule has 2 heterocycles. The molecule has 1 aliphatic heterocycles. The molecule has 3 nitrogen and oxygen atoms in total. The number of rotatable bonds is 7. The average Bonchev–Trinajstić information content (AvgIpc) is 3.01. The Balaban J connectivity index is 2.20. The van der Waals surface area contributed by atoms with Gasteiger partial charge >= 0.3 is 0 Å². The number of carbonyl (C=O) groups excluding carboxylic acids is 1. The van der Waals surface area contributed by atoms with E-state index in [2.05, 4.69) is 50.0 Å². The average molecular weight is 327 g/mol. The van der Waals surface area contributed by atoms with Crippen molar-refractivity contribution >= 4 is 29.0 Å². The molecule has 3 unspecified atom stereocenters. The molecule has 0 saturated carbocycles. The number of thioether (sulfide) groups is 1. The zero-order valence-corrected chi connectivity index (χ0v) is 15.0. The number of hydrogen-bond donors (Lipinski definition) is 1. The fourth-order valence-electron chi connectivity index (χ4n) is 2.80. The van der Waals surface area contributed by atoms with Crippen LogP contribution in [0, 0.1) is 6.92 Å². The lowest BCUT2D eigenvalue weighted by Gasteiger charge is -2.29. The third-order valence-corrected chi connectivity index (χ3v) is 6.02. The summed E-state index contributed by atoms with van der Waals surface area (Å²) in [6, 6.07) is 4.55. The molecule has 1 N–H and O–H groups in total. The van der Waals surface area contributed by atoms with Gasteiger partial charge in [-0.25, -0.2) is 0 Å². The molecule has 1 aromatic heterocycles. The topological polar surface area (TPSA) is 32.3 Å². The van der Waals surface area contributed by atoms with Crippen molar-refractivity contribution in [1.29, 1.82) is 0 Å². The van der Waals surface area contributed by atoms with Gasteiger partial charge in [0, 0.05) is 21.5 Å². The molecule has 1 saturated heterocycles. The lowest BCUT2D eigenvalue weighted by molar-refractivity contribution is -0.131. The second-order valence-corrected chi connectivity index (χ2v) is 8.25. The highest BCUT2D eigenvalue weighted by Gasteiger charge is 2.41. The first-order chi connectivity index (χ1) is 10.1. The molecule has 0 aromatic carbocycles. The second kappa shape index (κ2) is 7.65. The predicted molar refractivity (Wildman–Crippen MR) is 92.9 cm³/mol. The monoisotopic (exact) mass is 326 g/mol. The zero-order chi connectivity index (χ0) is 15.4. The van der Waals surface area contributed by atoms with Crippen molar-refractivity contribution in [1.82, 2.24) is 10.2 Å². The van der Waals surface area contributed by atoms with Gasteiger partial charge in [-0.15, -0.1) is 11.3 Å². The summed E-state index contributed by atoms with van der Waals surface area (Å²) in [5.41, 5.74) is 0. The van der Waals surface area contributed by atoms with E-state index in [0.29, 0.717) is 0 Å². The molecular weight excluding hydrogens is 300 g/mol. The minimum Gasteiger partial charge on any atom is -0.317 e. The van der Waals surface area contributed by atoms with Crippen molar-refractivity contribution in [2.24, 2.45) is 0 Å². The number of nitrogens with zero attached hydrogens (tertiary/aromatic N) is 1. The van der Waals surface area contributed by atoms with Crippen LogP contribution >= 0.6 is 23.1 Å². The van der Waals surface area contributed by atoms with E-state index < -0.39 is 0 Å². The Labute approximate surface area is 136 Å². The van der Waals surface area contributed by atoms with Crippen molar-refractivity contribution < 1.29 is 4.79 Å². The molecule has 0 aliphatic carbocycles. The standard InChI is InChI=1S/C16H26N2OS2/c1-5-7-13-16(19)18(11(3)10-20-6-2)15(17-13)14-9-8-12(4)21-14/h8-9,11,13,15,17H,5-7,10H2,1-4H3. The molecular formula is C16H26N2OS2. The lowest BCUT2D eigenvalue weighted by atomic mass is 10.1. The maximum absolute atomic E-state index is 12.7.